The normalized spacial score (nSPS) is 19.7. The summed E-state index contributed by atoms with van der Waals surface area (Å²) in [4.78, 5) is 23.4. The first-order chi connectivity index (χ1) is 8.56. The number of amides is 2. The van der Waals surface area contributed by atoms with Gasteiger partial charge in [0.1, 0.15) is 0 Å². The molecule has 0 saturated heterocycles. The van der Waals surface area contributed by atoms with Crippen LogP contribution in [-0.2, 0) is 11.2 Å². The zero-order chi connectivity index (χ0) is 12.8. The molecule has 1 fully saturated rings. The van der Waals surface area contributed by atoms with Crippen molar-refractivity contribution in [2.75, 3.05) is 5.32 Å². The van der Waals surface area contributed by atoms with Gasteiger partial charge in [-0.1, -0.05) is 6.07 Å². The number of fused-ring (bicyclic) bond motifs is 1. The first kappa shape index (κ1) is 11.3. The van der Waals surface area contributed by atoms with Gasteiger partial charge in [0.05, 0.1) is 6.42 Å². The van der Waals surface area contributed by atoms with Crippen LogP contribution in [0.4, 0.5) is 5.69 Å². The molecule has 1 heterocycles. The maximum Gasteiger partial charge on any atom is 0.251 e. The minimum atomic E-state index is -0.0545. The highest BCUT2D eigenvalue weighted by atomic mass is 16.2. The SMILES string of the molecule is CC1(NC(=O)c2ccc3c(c2)NC(=O)C3)CCC1. The second kappa shape index (κ2) is 3.83. The molecular weight excluding hydrogens is 228 g/mol. The van der Waals surface area contributed by atoms with Crippen molar-refractivity contribution in [3.63, 3.8) is 0 Å². The van der Waals surface area contributed by atoms with Crippen molar-refractivity contribution in [3.05, 3.63) is 29.3 Å². The van der Waals surface area contributed by atoms with E-state index in [4.69, 9.17) is 0 Å². The highest BCUT2D eigenvalue weighted by Gasteiger charge is 2.33. The lowest BCUT2D eigenvalue weighted by Gasteiger charge is -2.39. The van der Waals surface area contributed by atoms with E-state index in [2.05, 4.69) is 17.6 Å². The molecular formula is C14H16N2O2. The maximum atomic E-state index is 12.1. The van der Waals surface area contributed by atoms with Gasteiger partial charge in [-0.25, -0.2) is 0 Å². The second-order valence-corrected chi connectivity index (χ2v) is 5.47. The quantitative estimate of drug-likeness (QED) is 0.834. The highest BCUT2D eigenvalue weighted by molar-refractivity contribution is 6.02. The number of hydrogen-bond acceptors (Lipinski definition) is 2. The summed E-state index contributed by atoms with van der Waals surface area (Å²) >= 11 is 0. The Bertz CT molecular complexity index is 533. The Hall–Kier alpha value is -1.84. The van der Waals surface area contributed by atoms with Crippen molar-refractivity contribution in [2.45, 2.75) is 38.1 Å². The van der Waals surface area contributed by atoms with E-state index in [1.165, 1.54) is 6.42 Å². The van der Waals surface area contributed by atoms with Crippen LogP contribution in [0, 0.1) is 0 Å². The van der Waals surface area contributed by atoms with Gasteiger partial charge < -0.3 is 10.6 Å². The highest BCUT2D eigenvalue weighted by Crippen LogP contribution is 2.31. The van der Waals surface area contributed by atoms with E-state index in [1.807, 2.05) is 6.07 Å². The molecule has 94 valence electrons. The Balaban J connectivity index is 1.79. The van der Waals surface area contributed by atoms with E-state index < -0.39 is 0 Å². The van der Waals surface area contributed by atoms with Gasteiger partial charge in [0.25, 0.3) is 5.91 Å². The topological polar surface area (TPSA) is 58.2 Å². The molecule has 1 aliphatic heterocycles. The summed E-state index contributed by atoms with van der Waals surface area (Å²) in [5.74, 6) is -0.0605. The van der Waals surface area contributed by atoms with Gasteiger partial charge in [-0.15, -0.1) is 0 Å². The molecule has 1 saturated carbocycles. The fraction of sp³-hybridized carbons (Fsp3) is 0.429. The number of carbonyl (C=O) groups is 2. The van der Waals surface area contributed by atoms with Crippen molar-refractivity contribution in [2.24, 2.45) is 0 Å². The fourth-order valence-electron chi connectivity index (χ4n) is 2.53. The molecule has 2 aliphatic rings. The first-order valence-electron chi connectivity index (χ1n) is 6.31. The molecule has 1 aliphatic carbocycles. The summed E-state index contributed by atoms with van der Waals surface area (Å²) in [6.45, 7) is 2.07. The molecule has 0 aromatic heterocycles. The number of hydrogen-bond donors (Lipinski definition) is 2. The molecule has 3 rings (SSSR count). The Morgan fingerprint density at radius 1 is 1.39 bits per heavy atom. The summed E-state index contributed by atoms with van der Waals surface area (Å²) < 4.78 is 0. The zero-order valence-corrected chi connectivity index (χ0v) is 10.4. The fourth-order valence-corrected chi connectivity index (χ4v) is 2.53. The van der Waals surface area contributed by atoms with Gasteiger partial charge in [-0.2, -0.15) is 0 Å². The van der Waals surface area contributed by atoms with Crippen LogP contribution < -0.4 is 10.6 Å². The van der Waals surface area contributed by atoms with E-state index in [1.54, 1.807) is 12.1 Å². The monoisotopic (exact) mass is 244 g/mol. The van der Waals surface area contributed by atoms with E-state index in [0.717, 1.165) is 24.1 Å². The van der Waals surface area contributed by atoms with Crippen LogP contribution in [0.2, 0.25) is 0 Å². The molecule has 0 bridgehead atoms. The Labute approximate surface area is 106 Å². The predicted molar refractivity (Wildman–Crippen MR) is 68.5 cm³/mol. The van der Waals surface area contributed by atoms with Crippen LogP contribution in [0.5, 0.6) is 0 Å². The third-order valence-electron chi connectivity index (χ3n) is 3.87. The largest absolute Gasteiger partial charge is 0.347 e. The molecule has 2 amide bonds. The number of nitrogens with one attached hydrogen (secondary N) is 2. The smallest absolute Gasteiger partial charge is 0.251 e. The van der Waals surface area contributed by atoms with Crippen LogP contribution in [0.1, 0.15) is 42.1 Å². The molecule has 1 aromatic rings. The minimum absolute atomic E-state index is 0.00601. The summed E-state index contributed by atoms with van der Waals surface area (Å²) in [7, 11) is 0. The van der Waals surface area contributed by atoms with Crippen LogP contribution in [0.3, 0.4) is 0 Å². The third-order valence-corrected chi connectivity index (χ3v) is 3.87. The molecule has 18 heavy (non-hydrogen) atoms. The van der Waals surface area contributed by atoms with Crippen LogP contribution in [0.25, 0.3) is 0 Å². The number of rotatable bonds is 2. The van der Waals surface area contributed by atoms with Crippen molar-refractivity contribution < 1.29 is 9.59 Å². The Kier molecular flexibility index (Phi) is 2.40. The minimum Gasteiger partial charge on any atom is -0.347 e. The van der Waals surface area contributed by atoms with Gasteiger partial charge in [0.15, 0.2) is 0 Å². The van der Waals surface area contributed by atoms with E-state index in [0.29, 0.717) is 12.0 Å². The molecule has 2 N–H and O–H groups in total. The van der Waals surface area contributed by atoms with Crippen molar-refractivity contribution >= 4 is 17.5 Å². The summed E-state index contributed by atoms with van der Waals surface area (Å²) in [5, 5.41) is 5.82. The molecule has 0 unspecified atom stereocenters. The number of benzene rings is 1. The summed E-state index contributed by atoms with van der Waals surface area (Å²) in [6, 6.07) is 5.40. The number of anilines is 1. The maximum absolute atomic E-state index is 12.1. The van der Waals surface area contributed by atoms with E-state index in [9.17, 15) is 9.59 Å². The van der Waals surface area contributed by atoms with Gasteiger partial charge in [0, 0.05) is 16.8 Å². The summed E-state index contributed by atoms with van der Waals surface area (Å²) in [6.07, 6.45) is 3.67. The van der Waals surface area contributed by atoms with Crippen LogP contribution in [-0.4, -0.2) is 17.4 Å². The molecule has 0 atom stereocenters. The van der Waals surface area contributed by atoms with Gasteiger partial charge >= 0.3 is 0 Å². The third kappa shape index (κ3) is 1.88. The zero-order valence-electron chi connectivity index (χ0n) is 10.4. The lowest BCUT2D eigenvalue weighted by Crippen LogP contribution is -2.50. The van der Waals surface area contributed by atoms with E-state index >= 15 is 0 Å². The van der Waals surface area contributed by atoms with Gasteiger partial charge in [-0.05, 0) is 43.9 Å². The Morgan fingerprint density at radius 2 is 2.17 bits per heavy atom. The van der Waals surface area contributed by atoms with Gasteiger partial charge in [0.2, 0.25) is 5.91 Å². The molecule has 4 heteroatoms. The lowest BCUT2D eigenvalue weighted by molar-refractivity contribution is -0.115. The van der Waals surface area contributed by atoms with Gasteiger partial charge in [-0.3, -0.25) is 9.59 Å². The molecule has 0 radical (unpaired) electrons. The van der Waals surface area contributed by atoms with Crippen LogP contribution >= 0.6 is 0 Å². The predicted octanol–water partition coefficient (Wildman–Crippen LogP) is 1.85. The van der Waals surface area contributed by atoms with Crippen molar-refractivity contribution in [1.29, 1.82) is 0 Å². The number of carbonyl (C=O) groups excluding carboxylic acids is 2. The molecule has 0 spiro atoms. The Morgan fingerprint density at radius 3 is 2.83 bits per heavy atom. The second-order valence-electron chi connectivity index (χ2n) is 5.47. The summed E-state index contributed by atoms with van der Waals surface area (Å²) in [5.41, 5.74) is 2.31. The molecule has 4 nitrogen and oxygen atoms in total. The average Bonchev–Trinajstić information content (AvgIpc) is 2.65. The first-order valence-corrected chi connectivity index (χ1v) is 6.31. The average molecular weight is 244 g/mol. The van der Waals surface area contributed by atoms with Crippen molar-refractivity contribution in [3.8, 4) is 0 Å². The van der Waals surface area contributed by atoms with Crippen molar-refractivity contribution in [1.82, 2.24) is 5.32 Å². The molecule has 1 aromatic carbocycles. The lowest BCUT2D eigenvalue weighted by atomic mass is 9.78. The van der Waals surface area contributed by atoms with E-state index in [-0.39, 0.29) is 17.4 Å². The standard InChI is InChI=1S/C14H16N2O2/c1-14(5-2-6-14)16-13(18)10-4-3-9-8-12(17)15-11(9)7-10/h3-4,7H,2,5-6,8H2,1H3,(H,15,17)(H,16,18). The van der Waals surface area contributed by atoms with Crippen LogP contribution in [0.15, 0.2) is 18.2 Å².